The summed E-state index contributed by atoms with van der Waals surface area (Å²) >= 11 is 0. The second-order valence-electron chi connectivity index (χ2n) is 7.71. The van der Waals surface area contributed by atoms with Gasteiger partial charge in [-0.05, 0) is 43.4 Å². The first kappa shape index (κ1) is 18.7. The van der Waals surface area contributed by atoms with Crippen LogP contribution in [0.3, 0.4) is 0 Å². The van der Waals surface area contributed by atoms with Crippen molar-refractivity contribution in [1.29, 1.82) is 0 Å². The highest BCUT2D eigenvalue weighted by molar-refractivity contribution is 5.89. The number of nitrogens with one attached hydrogen (secondary N) is 1. The number of urea groups is 1. The second kappa shape index (κ2) is 9.06. The first-order valence-corrected chi connectivity index (χ1v) is 10.0. The Bertz CT molecular complexity index is 625. The van der Waals surface area contributed by atoms with E-state index < -0.39 is 0 Å². The lowest BCUT2D eigenvalue weighted by Crippen LogP contribution is -2.39. The molecule has 0 bridgehead atoms. The summed E-state index contributed by atoms with van der Waals surface area (Å²) in [6, 6.07) is 7.75. The molecule has 26 heavy (non-hydrogen) atoms. The van der Waals surface area contributed by atoms with Crippen LogP contribution in [0.25, 0.3) is 0 Å². The molecular weight excluding hydrogens is 326 g/mol. The molecule has 1 N–H and O–H groups in total. The van der Waals surface area contributed by atoms with Gasteiger partial charge >= 0.3 is 6.03 Å². The number of aryl methyl sites for hydroxylation is 1. The van der Waals surface area contributed by atoms with E-state index in [1.807, 2.05) is 41.0 Å². The number of hydrogen-bond donors (Lipinski definition) is 1. The molecule has 0 radical (unpaired) electrons. The van der Waals surface area contributed by atoms with Gasteiger partial charge in [-0.25, -0.2) is 4.79 Å². The third-order valence-corrected chi connectivity index (χ3v) is 5.65. The Labute approximate surface area is 156 Å². The van der Waals surface area contributed by atoms with Gasteiger partial charge in [-0.2, -0.15) is 0 Å². The zero-order chi connectivity index (χ0) is 18.4. The van der Waals surface area contributed by atoms with Crippen LogP contribution in [0.15, 0.2) is 24.3 Å². The van der Waals surface area contributed by atoms with Gasteiger partial charge in [-0.3, -0.25) is 4.79 Å². The van der Waals surface area contributed by atoms with E-state index in [1.165, 1.54) is 25.7 Å². The molecule has 5 heteroatoms. The van der Waals surface area contributed by atoms with Crippen LogP contribution in [-0.4, -0.2) is 47.9 Å². The van der Waals surface area contributed by atoms with Crippen LogP contribution in [0.2, 0.25) is 0 Å². The minimum Gasteiger partial charge on any atom is -0.341 e. The molecule has 1 aliphatic carbocycles. The fraction of sp³-hybridized carbons (Fsp3) is 0.619. The topological polar surface area (TPSA) is 52.7 Å². The molecule has 0 unspecified atom stereocenters. The van der Waals surface area contributed by atoms with Gasteiger partial charge in [0.15, 0.2) is 0 Å². The number of amides is 3. The molecule has 3 rings (SSSR count). The quantitative estimate of drug-likeness (QED) is 0.884. The van der Waals surface area contributed by atoms with Crippen molar-refractivity contribution in [3.05, 3.63) is 29.8 Å². The standard InChI is InChI=1S/C21H31N3O2/c1-17-6-4-9-19(16-17)22-21(26)24-13-5-12-23(14-15-24)20(25)11-10-18-7-2-3-8-18/h4,6,9,16,18H,2-3,5,7-8,10-15H2,1H3,(H,22,26). The Morgan fingerprint density at radius 2 is 1.77 bits per heavy atom. The molecule has 0 aromatic heterocycles. The van der Waals surface area contributed by atoms with Crippen molar-refractivity contribution in [3.8, 4) is 0 Å². The summed E-state index contributed by atoms with van der Waals surface area (Å²) in [7, 11) is 0. The van der Waals surface area contributed by atoms with Gasteiger partial charge in [-0.1, -0.05) is 37.8 Å². The number of carbonyl (C=O) groups excluding carboxylic acids is 2. The highest BCUT2D eigenvalue weighted by atomic mass is 16.2. The Kier molecular flexibility index (Phi) is 6.53. The van der Waals surface area contributed by atoms with Gasteiger partial charge in [0.25, 0.3) is 0 Å². The fourth-order valence-corrected chi connectivity index (χ4v) is 4.08. The zero-order valence-corrected chi connectivity index (χ0v) is 15.9. The predicted molar refractivity (Wildman–Crippen MR) is 104 cm³/mol. The molecule has 1 saturated heterocycles. The van der Waals surface area contributed by atoms with Crippen LogP contribution in [0, 0.1) is 12.8 Å². The molecule has 0 atom stereocenters. The molecule has 2 aliphatic rings. The van der Waals surface area contributed by atoms with E-state index in [2.05, 4.69) is 5.32 Å². The Hall–Kier alpha value is -2.04. The Balaban J connectivity index is 1.46. The SMILES string of the molecule is Cc1cccc(NC(=O)N2CCCN(C(=O)CCC3CCCC3)CC2)c1. The van der Waals surface area contributed by atoms with Gasteiger partial charge in [0.1, 0.15) is 0 Å². The smallest absolute Gasteiger partial charge is 0.321 e. The summed E-state index contributed by atoms with van der Waals surface area (Å²) in [6.07, 6.45) is 7.78. The van der Waals surface area contributed by atoms with E-state index in [0.29, 0.717) is 26.1 Å². The summed E-state index contributed by atoms with van der Waals surface area (Å²) in [4.78, 5) is 28.8. The summed E-state index contributed by atoms with van der Waals surface area (Å²) in [6.45, 7) is 4.72. The van der Waals surface area contributed by atoms with Gasteiger partial charge in [0, 0.05) is 38.3 Å². The van der Waals surface area contributed by atoms with Crippen molar-refractivity contribution in [2.45, 2.75) is 51.9 Å². The highest BCUT2D eigenvalue weighted by Gasteiger charge is 2.23. The molecule has 1 aromatic rings. The summed E-state index contributed by atoms with van der Waals surface area (Å²) in [5, 5.41) is 2.97. The third-order valence-electron chi connectivity index (χ3n) is 5.65. The molecule has 5 nitrogen and oxygen atoms in total. The van der Waals surface area contributed by atoms with Crippen LogP contribution in [0.5, 0.6) is 0 Å². The molecule has 3 amide bonds. The van der Waals surface area contributed by atoms with E-state index in [1.54, 1.807) is 0 Å². The van der Waals surface area contributed by atoms with E-state index in [4.69, 9.17) is 0 Å². The minimum absolute atomic E-state index is 0.0733. The third kappa shape index (κ3) is 5.23. The van der Waals surface area contributed by atoms with E-state index >= 15 is 0 Å². The Morgan fingerprint density at radius 1 is 1.04 bits per heavy atom. The molecule has 1 saturated carbocycles. The van der Waals surface area contributed by atoms with Crippen LogP contribution in [0.4, 0.5) is 10.5 Å². The number of hydrogen-bond acceptors (Lipinski definition) is 2. The molecule has 2 fully saturated rings. The van der Waals surface area contributed by atoms with E-state index in [9.17, 15) is 9.59 Å². The lowest BCUT2D eigenvalue weighted by atomic mass is 10.0. The molecule has 1 heterocycles. The van der Waals surface area contributed by atoms with Gasteiger partial charge < -0.3 is 15.1 Å². The maximum Gasteiger partial charge on any atom is 0.321 e. The van der Waals surface area contributed by atoms with Crippen molar-refractivity contribution >= 4 is 17.6 Å². The van der Waals surface area contributed by atoms with Crippen LogP contribution >= 0.6 is 0 Å². The molecule has 1 aliphatic heterocycles. The second-order valence-corrected chi connectivity index (χ2v) is 7.71. The van der Waals surface area contributed by atoms with Crippen LogP contribution < -0.4 is 5.32 Å². The molecule has 1 aromatic carbocycles. The van der Waals surface area contributed by atoms with Crippen LogP contribution in [-0.2, 0) is 4.79 Å². The zero-order valence-electron chi connectivity index (χ0n) is 15.9. The number of carbonyl (C=O) groups is 2. The number of benzene rings is 1. The van der Waals surface area contributed by atoms with Crippen molar-refractivity contribution in [3.63, 3.8) is 0 Å². The Morgan fingerprint density at radius 3 is 2.54 bits per heavy atom. The average molecular weight is 357 g/mol. The minimum atomic E-state index is -0.0733. The number of nitrogens with zero attached hydrogens (tertiary/aromatic N) is 2. The monoisotopic (exact) mass is 357 g/mol. The van der Waals surface area contributed by atoms with E-state index in [0.717, 1.165) is 36.6 Å². The van der Waals surface area contributed by atoms with Crippen molar-refractivity contribution in [2.75, 3.05) is 31.5 Å². The normalized spacial score (nSPS) is 18.7. The number of rotatable bonds is 4. The average Bonchev–Trinajstić information content (AvgIpc) is 3.02. The molecule has 142 valence electrons. The largest absolute Gasteiger partial charge is 0.341 e. The fourth-order valence-electron chi connectivity index (χ4n) is 4.08. The van der Waals surface area contributed by atoms with Crippen molar-refractivity contribution < 1.29 is 9.59 Å². The van der Waals surface area contributed by atoms with Gasteiger partial charge in [0.2, 0.25) is 5.91 Å². The highest BCUT2D eigenvalue weighted by Crippen LogP contribution is 2.28. The first-order chi connectivity index (χ1) is 12.6. The number of anilines is 1. The molecule has 0 spiro atoms. The van der Waals surface area contributed by atoms with E-state index in [-0.39, 0.29) is 11.9 Å². The maximum absolute atomic E-state index is 12.5. The van der Waals surface area contributed by atoms with Crippen molar-refractivity contribution in [2.24, 2.45) is 5.92 Å². The first-order valence-electron chi connectivity index (χ1n) is 10.0. The summed E-state index contributed by atoms with van der Waals surface area (Å²) < 4.78 is 0. The van der Waals surface area contributed by atoms with Crippen molar-refractivity contribution in [1.82, 2.24) is 9.80 Å². The van der Waals surface area contributed by atoms with Gasteiger partial charge in [-0.15, -0.1) is 0 Å². The summed E-state index contributed by atoms with van der Waals surface area (Å²) in [5.41, 5.74) is 1.95. The molecular formula is C21H31N3O2. The maximum atomic E-state index is 12.5. The lowest BCUT2D eigenvalue weighted by molar-refractivity contribution is -0.131. The predicted octanol–water partition coefficient (Wildman–Crippen LogP) is 4.03. The lowest BCUT2D eigenvalue weighted by Gasteiger charge is -2.23. The summed E-state index contributed by atoms with van der Waals surface area (Å²) in [5.74, 6) is 1.01. The van der Waals surface area contributed by atoms with Gasteiger partial charge in [0.05, 0.1) is 0 Å². The van der Waals surface area contributed by atoms with Crippen LogP contribution in [0.1, 0.15) is 50.5 Å².